The third-order valence-electron chi connectivity index (χ3n) is 8.19. The third kappa shape index (κ3) is 7.66. The van der Waals surface area contributed by atoms with E-state index < -0.39 is 35.6 Å². The molecule has 222 valence electrons. The first-order valence-electron chi connectivity index (χ1n) is 14.0. The van der Waals surface area contributed by atoms with Crippen molar-refractivity contribution < 1.29 is 29.3 Å². The molecule has 10 heteroatoms. The minimum atomic E-state index is -1.30. The quantitative estimate of drug-likeness (QED) is 0.319. The van der Waals surface area contributed by atoms with Crippen LogP contribution < -0.4 is 0 Å². The van der Waals surface area contributed by atoms with Gasteiger partial charge in [0.15, 0.2) is 0 Å². The second kappa shape index (κ2) is 13.1. The molecule has 2 aliphatic rings. The molecule has 1 aromatic rings. The van der Waals surface area contributed by atoms with Crippen LogP contribution >= 0.6 is 11.3 Å². The van der Waals surface area contributed by atoms with E-state index in [2.05, 4.69) is 11.6 Å². The Morgan fingerprint density at radius 2 is 1.98 bits per heavy atom. The predicted molar refractivity (Wildman–Crippen MR) is 156 cm³/mol. The lowest BCUT2D eigenvalue weighted by molar-refractivity contribution is -0.154. The monoisotopic (exact) mass is 575 g/mol. The number of aliphatic hydroxyl groups excluding tert-OH is 2. The van der Waals surface area contributed by atoms with Gasteiger partial charge in [-0.3, -0.25) is 14.4 Å². The molecular formula is C30H45N3O6S. The Morgan fingerprint density at radius 1 is 1.30 bits per heavy atom. The maximum absolute atomic E-state index is 13.3. The van der Waals surface area contributed by atoms with Gasteiger partial charge in [0.05, 0.1) is 53.4 Å². The number of thiazole rings is 1. The van der Waals surface area contributed by atoms with Crippen molar-refractivity contribution >= 4 is 35.1 Å². The Morgan fingerprint density at radius 3 is 2.58 bits per heavy atom. The fourth-order valence-electron chi connectivity index (χ4n) is 5.53. The number of hydrogen-bond donors (Lipinski definition) is 2. The summed E-state index contributed by atoms with van der Waals surface area (Å²) >= 11 is 1.53. The Kier molecular flexibility index (Phi) is 10.5. The fourth-order valence-corrected chi connectivity index (χ4v) is 6.10. The number of carbonyl (C=O) groups excluding carboxylic acids is 3. The smallest absolute Gasteiger partial charge is 0.309 e. The molecule has 0 aromatic carbocycles. The molecule has 2 fully saturated rings. The number of fused-ring (bicyclic) bond motifs is 1. The van der Waals surface area contributed by atoms with E-state index in [9.17, 15) is 24.6 Å². The largest absolute Gasteiger partial charge is 0.458 e. The highest BCUT2D eigenvalue weighted by Gasteiger charge is 2.51. The van der Waals surface area contributed by atoms with Crippen LogP contribution in [0.3, 0.4) is 0 Å². The molecule has 2 saturated heterocycles. The van der Waals surface area contributed by atoms with Crippen molar-refractivity contribution in [3.8, 4) is 0 Å². The zero-order valence-electron chi connectivity index (χ0n) is 24.8. The zero-order chi connectivity index (χ0) is 29.9. The van der Waals surface area contributed by atoms with E-state index in [4.69, 9.17) is 4.74 Å². The summed E-state index contributed by atoms with van der Waals surface area (Å²) in [6, 6.07) is -0.136. The summed E-state index contributed by atoms with van der Waals surface area (Å²) in [5, 5.41) is 24.7. The number of aryl methyl sites for hydroxylation is 1. The number of ether oxygens (including phenoxy) is 1. The van der Waals surface area contributed by atoms with Crippen molar-refractivity contribution in [2.24, 2.45) is 11.3 Å². The molecule has 1 amide bonds. The van der Waals surface area contributed by atoms with Gasteiger partial charge in [-0.05, 0) is 64.4 Å². The second-order valence-electron chi connectivity index (χ2n) is 12.2. The molecule has 2 N–H and O–H groups in total. The number of esters is 1. The highest BCUT2D eigenvalue weighted by molar-refractivity contribution is 7.09. The maximum atomic E-state index is 13.3. The average molecular weight is 576 g/mol. The molecule has 2 aliphatic heterocycles. The van der Waals surface area contributed by atoms with Gasteiger partial charge in [0.2, 0.25) is 5.91 Å². The van der Waals surface area contributed by atoms with Gasteiger partial charge in [-0.15, -0.1) is 11.3 Å². The van der Waals surface area contributed by atoms with Crippen molar-refractivity contribution in [2.75, 3.05) is 20.6 Å². The number of aromatic nitrogens is 1. The highest BCUT2D eigenvalue weighted by atomic mass is 32.1. The molecule has 0 radical (unpaired) electrons. The van der Waals surface area contributed by atoms with Crippen molar-refractivity contribution in [2.45, 2.75) is 97.1 Å². The van der Waals surface area contributed by atoms with Gasteiger partial charge in [0, 0.05) is 17.7 Å². The maximum Gasteiger partial charge on any atom is 0.309 e. The number of cyclic esters (lactones) is 1. The first-order chi connectivity index (χ1) is 18.6. The summed E-state index contributed by atoms with van der Waals surface area (Å²) in [5.41, 5.74) is 0.831. The molecule has 3 heterocycles. The molecule has 0 spiro atoms. The van der Waals surface area contributed by atoms with E-state index in [1.165, 1.54) is 11.3 Å². The van der Waals surface area contributed by atoms with Crippen LogP contribution in [-0.2, 0) is 19.1 Å². The Bertz CT molecular complexity index is 1140. The van der Waals surface area contributed by atoms with Gasteiger partial charge in [0.1, 0.15) is 11.9 Å². The van der Waals surface area contributed by atoms with Crippen molar-refractivity contribution in [1.29, 1.82) is 0 Å². The minimum Gasteiger partial charge on any atom is -0.458 e. The summed E-state index contributed by atoms with van der Waals surface area (Å²) in [6.45, 7) is 12.9. The number of likely N-dealkylation sites (N-methyl/N-ethyl adjacent to an activating group) is 1. The van der Waals surface area contributed by atoms with Gasteiger partial charge >= 0.3 is 5.97 Å². The standard InChI is InChI=1S/C30H45N3O6S/c1-17-10-9-11-22-23(33(22)26(35)15-32(7)8)13-24(18(2)12-21-16-40-20(4)31-21)39-27(36)14-25(34)30(5,6)29(38)19(3)28(17)37/h12,16,19,22-25,28,34,37H,1,9-11,13-15H2,2-8H3/b18-12+/t19-,22?,23+,24?,25?,28+,33?/m1/s1. The Labute approximate surface area is 241 Å². The molecule has 9 nitrogen and oxygen atoms in total. The number of amides is 1. The summed E-state index contributed by atoms with van der Waals surface area (Å²) in [7, 11) is 3.70. The molecule has 3 unspecified atom stereocenters. The van der Waals surface area contributed by atoms with Gasteiger partial charge in [0.25, 0.3) is 0 Å². The zero-order valence-corrected chi connectivity index (χ0v) is 25.7. The molecule has 0 saturated carbocycles. The molecule has 0 aliphatic carbocycles. The first-order valence-corrected chi connectivity index (χ1v) is 14.8. The molecule has 40 heavy (non-hydrogen) atoms. The minimum absolute atomic E-state index is 0.00926. The molecule has 1 aromatic heterocycles. The topological polar surface area (TPSA) is 120 Å². The van der Waals surface area contributed by atoms with E-state index in [0.717, 1.165) is 16.3 Å². The molecule has 6 atom stereocenters. The van der Waals surface area contributed by atoms with Crippen LogP contribution in [0.4, 0.5) is 0 Å². The lowest BCUT2D eigenvalue weighted by atomic mass is 9.73. The number of Topliss-reactive ketones (excluding diaryl/α,β-unsaturated/α-hetero) is 1. The van der Waals surface area contributed by atoms with E-state index in [1.807, 2.05) is 49.2 Å². The molecular weight excluding hydrogens is 530 g/mol. The summed E-state index contributed by atoms with van der Waals surface area (Å²) < 4.78 is 5.95. The van der Waals surface area contributed by atoms with E-state index in [1.54, 1.807) is 20.8 Å². The Hall–Kier alpha value is -2.40. The molecule has 3 rings (SSSR count). The summed E-state index contributed by atoms with van der Waals surface area (Å²) in [6.07, 6.45) is 0.840. The predicted octanol–water partition coefficient (Wildman–Crippen LogP) is 3.38. The summed E-state index contributed by atoms with van der Waals surface area (Å²) in [5.74, 6) is -1.76. The van der Waals surface area contributed by atoms with Crippen LogP contribution in [0.15, 0.2) is 23.1 Å². The van der Waals surface area contributed by atoms with Crippen molar-refractivity contribution in [1.82, 2.24) is 14.8 Å². The number of rotatable bonds is 4. The van der Waals surface area contributed by atoms with Crippen LogP contribution in [0.1, 0.15) is 70.5 Å². The van der Waals surface area contributed by atoms with Crippen LogP contribution in [0.5, 0.6) is 0 Å². The third-order valence-corrected chi connectivity index (χ3v) is 8.98. The van der Waals surface area contributed by atoms with Crippen LogP contribution in [0.25, 0.3) is 6.08 Å². The number of nitrogens with zero attached hydrogens (tertiary/aromatic N) is 3. The van der Waals surface area contributed by atoms with Gasteiger partial charge < -0.3 is 24.7 Å². The lowest BCUT2D eigenvalue weighted by Crippen LogP contribution is -2.45. The number of hydrogen-bond acceptors (Lipinski definition) is 9. The SMILES string of the molecule is C=C1CCCC2[C@H](CC(/C(C)=C/c3csc(C)n3)OC(=O)CC(O)C(C)(C)C(=O)[C@H](C)[C@H]1O)N2C(=O)CN(C)C. The molecule has 0 bridgehead atoms. The lowest BCUT2D eigenvalue weighted by Gasteiger charge is -2.33. The van der Waals surface area contributed by atoms with Gasteiger partial charge in [-0.1, -0.05) is 27.4 Å². The van der Waals surface area contributed by atoms with Crippen LogP contribution in [-0.4, -0.2) is 93.7 Å². The van der Waals surface area contributed by atoms with Gasteiger partial charge in [-0.2, -0.15) is 0 Å². The van der Waals surface area contributed by atoms with E-state index in [0.29, 0.717) is 31.3 Å². The van der Waals surface area contributed by atoms with Gasteiger partial charge in [-0.25, -0.2) is 4.98 Å². The second-order valence-corrected chi connectivity index (χ2v) is 13.2. The van der Waals surface area contributed by atoms with Crippen LogP contribution in [0.2, 0.25) is 0 Å². The van der Waals surface area contributed by atoms with E-state index in [-0.39, 0.29) is 36.7 Å². The summed E-state index contributed by atoms with van der Waals surface area (Å²) in [4.78, 5) is 47.7. The number of ketones is 1. The van der Waals surface area contributed by atoms with E-state index >= 15 is 0 Å². The van der Waals surface area contributed by atoms with Crippen molar-refractivity contribution in [3.05, 3.63) is 33.8 Å². The van der Waals surface area contributed by atoms with Crippen LogP contribution in [0, 0.1) is 18.3 Å². The fraction of sp³-hybridized carbons (Fsp3) is 0.667. The normalized spacial score (nSPS) is 30.7. The number of aliphatic hydroxyl groups is 2. The average Bonchev–Trinajstić information content (AvgIpc) is 3.39. The Balaban J connectivity index is 1.93. The van der Waals surface area contributed by atoms with Crippen molar-refractivity contribution in [3.63, 3.8) is 0 Å². The number of carbonyl (C=O) groups is 3. The highest BCUT2D eigenvalue weighted by Crippen LogP contribution is 2.39. The first kappa shape index (κ1) is 32.1.